The molecule has 0 aliphatic rings. The Morgan fingerprint density at radius 2 is 1.80 bits per heavy atom. The normalized spacial score (nSPS) is 10.1. The van der Waals surface area contributed by atoms with E-state index in [1.807, 2.05) is 0 Å². The van der Waals surface area contributed by atoms with Crippen molar-refractivity contribution >= 4 is 17.6 Å². The molecule has 15 heavy (non-hydrogen) atoms. The monoisotopic (exact) mass is 206 g/mol. The molecule has 0 radical (unpaired) electrons. The lowest BCUT2D eigenvalue weighted by Crippen LogP contribution is -2.08. The molecule has 0 spiro atoms. The highest BCUT2D eigenvalue weighted by atomic mass is 16.4. The van der Waals surface area contributed by atoms with Crippen LogP contribution in [0.2, 0.25) is 0 Å². The van der Waals surface area contributed by atoms with Crippen molar-refractivity contribution in [2.75, 3.05) is 5.32 Å². The predicted molar refractivity (Wildman–Crippen MR) is 51.3 cm³/mol. The van der Waals surface area contributed by atoms with E-state index in [0.29, 0.717) is 5.69 Å². The molecule has 0 saturated carbocycles. The van der Waals surface area contributed by atoms with Crippen molar-refractivity contribution in [3.63, 3.8) is 0 Å². The van der Waals surface area contributed by atoms with Gasteiger partial charge in [0.15, 0.2) is 0 Å². The molecule has 0 fully saturated rings. The van der Waals surface area contributed by atoms with Gasteiger partial charge >= 0.3 is 5.97 Å². The lowest BCUT2D eigenvalue weighted by Gasteiger charge is -2.06. The van der Waals surface area contributed by atoms with Crippen LogP contribution in [-0.4, -0.2) is 17.0 Å². The molecule has 1 rings (SSSR count). The first-order valence-electron chi connectivity index (χ1n) is 4.07. The molecule has 0 atom stereocenters. The molecule has 2 N–H and O–H groups in total. The zero-order chi connectivity index (χ0) is 11.3. The van der Waals surface area contributed by atoms with Crippen molar-refractivity contribution in [3.8, 4) is 5.75 Å². The van der Waals surface area contributed by atoms with Gasteiger partial charge in [0.2, 0.25) is 5.91 Å². The van der Waals surface area contributed by atoms with E-state index in [9.17, 15) is 14.7 Å². The summed E-state index contributed by atoms with van der Waals surface area (Å²) in [5.74, 6) is -1.91. The lowest BCUT2D eigenvalue weighted by molar-refractivity contribution is -0.268. The second-order valence-corrected chi connectivity index (χ2v) is 2.69. The van der Waals surface area contributed by atoms with Crippen LogP contribution in [0.3, 0.4) is 0 Å². The molecule has 0 aliphatic heterocycles. The van der Waals surface area contributed by atoms with Crippen LogP contribution < -0.4 is 10.4 Å². The number of carbonyl (C=O) groups is 2. The molecule has 1 amide bonds. The maximum absolute atomic E-state index is 11.1. The molecular formula is C10H8NO4-. The SMILES string of the molecule is O=C(O)/C=C\C(=O)Nc1ccc([O-])cc1. The number of amides is 1. The summed E-state index contributed by atoms with van der Waals surface area (Å²) in [6.07, 6.45) is 1.63. The third-order valence-electron chi connectivity index (χ3n) is 1.50. The van der Waals surface area contributed by atoms with Gasteiger partial charge in [-0.3, -0.25) is 4.79 Å². The van der Waals surface area contributed by atoms with Gasteiger partial charge in [-0.1, -0.05) is 12.1 Å². The van der Waals surface area contributed by atoms with Crippen molar-refractivity contribution in [1.29, 1.82) is 0 Å². The van der Waals surface area contributed by atoms with E-state index < -0.39 is 11.9 Å². The fraction of sp³-hybridized carbons (Fsp3) is 0. The summed E-state index contributed by atoms with van der Waals surface area (Å²) in [7, 11) is 0. The Morgan fingerprint density at radius 1 is 1.20 bits per heavy atom. The quantitative estimate of drug-likeness (QED) is 0.698. The Bertz CT molecular complexity index is 394. The molecular weight excluding hydrogens is 198 g/mol. The van der Waals surface area contributed by atoms with E-state index in [4.69, 9.17) is 5.11 Å². The fourth-order valence-electron chi connectivity index (χ4n) is 0.869. The Kier molecular flexibility index (Phi) is 3.45. The van der Waals surface area contributed by atoms with E-state index in [2.05, 4.69) is 5.32 Å². The Hall–Kier alpha value is -2.30. The number of rotatable bonds is 3. The predicted octanol–water partition coefficient (Wildman–Crippen LogP) is 0.339. The van der Waals surface area contributed by atoms with Crippen LogP contribution in [0.15, 0.2) is 36.4 Å². The van der Waals surface area contributed by atoms with E-state index in [1.54, 1.807) is 0 Å². The number of hydrogen-bond acceptors (Lipinski definition) is 3. The molecule has 1 aromatic carbocycles. The van der Waals surface area contributed by atoms with Crippen LogP contribution in [0.25, 0.3) is 0 Å². The summed E-state index contributed by atoms with van der Waals surface area (Å²) in [4.78, 5) is 21.2. The van der Waals surface area contributed by atoms with Gasteiger partial charge in [0.25, 0.3) is 0 Å². The van der Waals surface area contributed by atoms with Crippen LogP contribution in [0.4, 0.5) is 5.69 Å². The van der Waals surface area contributed by atoms with Crippen molar-refractivity contribution in [3.05, 3.63) is 36.4 Å². The van der Waals surface area contributed by atoms with E-state index in [1.165, 1.54) is 24.3 Å². The lowest BCUT2D eigenvalue weighted by atomic mass is 10.3. The van der Waals surface area contributed by atoms with Crippen molar-refractivity contribution in [2.24, 2.45) is 0 Å². The van der Waals surface area contributed by atoms with Crippen LogP contribution in [0, 0.1) is 0 Å². The zero-order valence-electron chi connectivity index (χ0n) is 7.64. The minimum atomic E-state index is -1.19. The average molecular weight is 206 g/mol. The highest BCUT2D eigenvalue weighted by molar-refractivity contribution is 6.02. The largest absolute Gasteiger partial charge is 0.872 e. The average Bonchev–Trinajstić information content (AvgIpc) is 2.19. The molecule has 0 aromatic heterocycles. The minimum Gasteiger partial charge on any atom is -0.872 e. The first-order chi connectivity index (χ1) is 7.08. The third-order valence-corrected chi connectivity index (χ3v) is 1.50. The minimum absolute atomic E-state index is 0.158. The van der Waals surface area contributed by atoms with Crippen LogP contribution in [-0.2, 0) is 9.59 Å². The number of benzene rings is 1. The number of carbonyl (C=O) groups excluding carboxylic acids is 1. The second kappa shape index (κ2) is 4.80. The number of nitrogens with one attached hydrogen (secondary N) is 1. The van der Waals surface area contributed by atoms with Gasteiger partial charge in [0, 0.05) is 17.8 Å². The number of hydrogen-bond donors (Lipinski definition) is 2. The van der Waals surface area contributed by atoms with E-state index in [0.717, 1.165) is 12.2 Å². The third kappa shape index (κ3) is 3.95. The second-order valence-electron chi connectivity index (χ2n) is 2.69. The maximum Gasteiger partial charge on any atom is 0.328 e. The summed E-state index contributed by atoms with van der Waals surface area (Å²) in [6, 6.07) is 5.48. The van der Waals surface area contributed by atoms with Gasteiger partial charge in [0.1, 0.15) is 0 Å². The molecule has 0 unspecified atom stereocenters. The summed E-state index contributed by atoms with van der Waals surface area (Å²) >= 11 is 0. The molecule has 5 nitrogen and oxygen atoms in total. The van der Waals surface area contributed by atoms with Crippen LogP contribution >= 0.6 is 0 Å². The smallest absolute Gasteiger partial charge is 0.328 e. The van der Waals surface area contributed by atoms with Crippen molar-refractivity contribution < 1.29 is 19.8 Å². The summed E-state index contributed by atoms with van der Waals surface area (Å²) in [6.45, 7) is 0. The van der Waals surface area contributed by atoms with Gasteiger partial charge in [0.05, 0.1) is 0 Å². The fourth-order valence-corrected chi connectivity index (χ4v) is 0.869. The molecule has 5 heteroatoms. The van der Waals surface area contributed by atoms with Crippen LogP contribution in [0.1, 0.15) is 0 Å². The standard InChI is InChI=1S/C10H9NO4/c12-8-3-1-7(2-4-8)11-9(13)5-6-10(14)15/h1-6,12H,(H,11,13)(H,14,15)/p-1/b6-5-. The van der Waals surface area contributed by atoms with E-state index >= 15 is 0 Å². The molecule has 0 saturated heterocycles. The number of aliphatic carboxylic acids is 1. The highest BCUT2D eigenvalue weighted by Gasteiger charge is 1.97. The number of anilines is 1. The Labute approximate surface area is 85.7 Å². The summed E-state index contributed by atoms with van der Waals surface area (Å²) < 4.78 is 0. The number of carboxylic acid groups (broad SMARTS) is 1. The maximum atomic E-state index is 11.1. The molecule has 1 aromatic rings. The van der Waals surface area contributed by atoms with Gasteiger partial charge in [-0.25, -0.2) is 4.79 Å². The molecule has 0 bridgehead atoms. The van der Waals surface area contributed by atoms with Crippen LogP contribution in [0.5, 0.6) is 5.75 Å². The highest BCUT2D eigenvalue weighted by Crippen LogP contribution is 2.11. The molecule has 0 aliphatic carbocycles. The van der Waals surface area contributed by atoms with Gasteiger partial charge in [-0.2, -0.15) is 0 Å². The van der Waals surface area contributed by atoms with Crippen molar-refractivity contribution in [1.82, 2.24) is 0 Å². The molecule has 78 valence electrons. The topological polar surface area (TPSA) is 89.5 Å². The summed E-state index contributed by atoms with van der Waals surface area (Å²) in [5.41, 5.74) is 0.439. The first kappa shape index (κ1) is 10.8. The number of carboxylic acids is 1. The van der Waals surface area contributed by atoms with Gasteiger partial charge < -0.3 is 15.5 Å². The van der Waals surface area contributed by atoms with Gasteiger partial charge in [-0.15, -0.1) is 5.75 Å². The zero-order valence-corrected chi connectivity index (χ0v) is 7.64. The Balaban J connectivity index is 2.59. The first-order valence-corrected chi connectivity index (χ1v) is 4.07. The van der Waals surface area contributed by atoms with E-state index in [-0.39, 0.29) is 5.75 Å². The molecule has 0 heterocycles. The van der Waals surface area contributed by atoms with Gasteiger partial charge in [-0.05, 0) is 12.1 Å². The van der Waals surface area contributed by atoms with Crippen molar-refractivity contribution in [2.45, 2.75) is 0 Å². The summed E-state index contributed by atoms with van der Waals surface area (Å²) in [5, 5.41) is 21.4. The Morgan fingerprint density at radius 3 is 2.33 bits per heavy atom.